The first-order valence-corrected chi connectivity index (χ1v) is 9.77. The summed E-state index contributed by atoms with van der Waals surface area (Å²) in [5.74, 6) is 0.00262. The van der Waals surface area contributed by atoms with E-state index in [1.807, 2.05) is 0 Å². The molecular formula is C13H15N6O8S2+. The molecule has 0 aliphatic carbocycles. The first-order valence-electron chi connectivity index (χ1n) is 7.50. The van der Waals surface area contributed by atoms with Gasteiger partial charge in [0.25, 0.3) is 11.8 Å². The van der Waals surface area contributed by atoms with Gasteiger partial charge in [-0.3, -0.25) is 19.9 Å². The van der Waals surface area contributed by atoms with Gasteiger partial charge in [0.15, 0.2) is 12.3 Å². The molecule has 2 unspecified atom stereocenters. The van der Waals surface area contributed by atoms with Crippen LogP contribution in [0.5, 0.6) is 0 Å². The van der Waals surface area contributed by atoms with Crippen molar-refractivity contribution in [2.75, 3.05) is 18.9 Å². The Balaban J connectivity index is 2.24. The van der Waals surface area contributed by atoms with Crippen LogP contribution in [0.1, 0.15) is 5.69 Å². The normalized spacial score (nSPS) is 19.1. The number of aromatic amines is 1. The van der Waals surface area contributed by atoms with Crippen molar-refractivity contribution in [3.8, 4) is 12.3 Å². The highest BCUT2D eigenvalue weighted by Gasteiger charge is 2.55. The van der Waals surface area contributed by atoms with Gasteiger partial charge in [0.05, 0.1) is 0 Å². The van der Waals surface area contributed by atoms with Crippen molar-refractivity contribution in [2.24, 2.45) is 10.9 Å². The summed E-state index contributed by atoms with van der Waals surface area (Å²) in [6.45, 7) is -0.965. The quantitative estimate of drug-likeness (QED) is 0.0800. The number of ether oxygens (including phenoxy) is 1. The number of hydrogen-bond donors (Lipinski definition) is 4. The molecular weight excluding hydrogens is 432 g/mol. The number of carbonyl (C=O) groups excluding carboxylic acids is 3. The van der Waals surface area contributed by atoms with Crippen LogP contribution in [0.15, 0.2) is 10.5 Å². The fourth-order valence-corrected chi connectivity index (χ4v) is 3.73. The number of amides is 3. The molecule has 0 saturated carbocycles. The van der Waals surface area contributed by atoms with Gasteiger partial charge < -0.3 is 20.6 Å². The Morgan fingerprint density at radius 3 is 2.72 bits per heavy atom. The lowest BCUT2D eigenvalue weighted by molar-refractivity contribution is -0.356. The highest BCUT2D eigenvalue weighted by Crippen LogP contribution is 2.24. The summed E-state index contributed by atoms with van der Waals surface area (Å²) in [6.07, 6.45) is 3.79. The molecule has 0 radical (unpaired) electrons. The predicted molar refractivity (Wildman–Crippen MR) is 96.3 cm³/mol. The topological polar surface area (TPSA) is 218 Å². The third kappa shape index (κ3) is 5.10. The molecule has 29 heavy (non-hydrogen) atoms. The fraction of sp³-hybridized carbons (Fsp3) is 0.308. The van der Waals surface area contributed by atoms with E-state index < -0.39 is 46.9 Å². The van der Waals surface area contributed by atoms with Crippen LogP contribution in [-0.4, -0.2) is 66.2 Å². The summed E-state index contributed by atoms with van der Waals surface area (Å²) in [6, 6.07) is -2.91. The summed E-state index contributed by atoms with van der Waals surface area (Å²) in [5.41, 5.74) is 10.2. The lowest BCUT2D eigenvalue weighted by atomic mass is 9.99. The van der Waals surface area contributed by atoms with Crippen molar-refractivity contribution >= 4 is 50.4 Å². The molecule has 0 bridgehead atoms. The Bertz CT molecular complexity index is 997. The van der Waals surface area contributed by atoms with E-state index in [1.165, 1.54) is 5.38 Å². The van der Waals surface area contributed by atoms with Crippen LogP contribution in [0, 0.1) is 12.3 Å². The number of nitrogens with zero attached hydrogens (tertiary/aromatic N) is 2. The molecule has 1 fully saturated rings. The molecule has 7 N–H and O–H groups in total. The molecule has 3 amide bonds. The minimum atomic E-state index is -4.97. The number of aromatic nitrogens is 1. The zero-order chi connectivity index (χ0) is 21.8. The Morgan fingerprint density at radius 2 is 2.21 bits per heavy atom. The Kier molecular flexibility index (Phi) is 6.58. The van der Waals surface area contributed by atoms with Crippen LogP contribution in [-0.2, 0) is 29.5 Å². The van der Waals surface area contributed by atoms with E-state index >= 15 is 0 Å². The minimum absolute atomic E-state index is 0.0429. The first-order chi connectivity index (χ1) is 13.6. The van der Waals surface area contributed by atoms with Crippen LogP contribution in [0.4, 0.5) is 9.93 Å². The van der Waals surface area contributed by atoms with E-state index in [1.54, 1.807) is 0 Å². The average molecular weight is 447 g/mol. The van der Waals surface area contributed by atoms with Crippen LogP contribution >= 0.6 is 11.3 Å². The van der Waals surface area contributed by atoms with Gasteiger partial charge in [0.2, 0.25) is 5.71 Å². The fourth-order valence-electron chi connectivity index (χ4n) is 2.28. The molecule has 2 rings (SSSR count). The molecule has 1 aliphatic rings. The number of primary amides is 1. The summed E-state index contributed by atoms with van der Waals surface area (Å²) in [5, 5.41) is 7.48. The lowest BCUT2D eigenvalue weighted by Crippen LogP contribution is -2.73. The smallest absolute Gasteiger partial charge is 0.404 e. The van der Waals surface area contributed by atoms with Gasteiger partial charge in [-0.25, -0.2) is 14.1 Å². The van der Waals surface area contributed by atoms with E-state index in [0.29, 0.717) is 0 Å². The Labute approximate surface area is 167 Å². The van der Waals surface area contributed by atoms with Crippen LogP contribution in [0.3, 0.4) is 0 Å². The van der Waals surface area contributed by atoms with E-state index in [9.17, 15) is 22.8 Å². The van der Waals surface area contributed by atoms with Gasteiger partial charge in [-0.15, -0.1) is 6.42 Å². The van der Waals surface area contributed by atoms with Crippen molar-refractivity contribution in [3.05, 3.63) is 11.1 Å². The summed E-state index contributed by atoms with van der Waals surface area (Å²) in [4.78, 5) is 42.9. The van der Waals surface area contributed by atoms with Crippen molar-refractivity contribution < 1.29 is 41.9 Å². The lowest BCUT2D eigenvalue weighted by Gasteiger charge is -2.43. The van der Waals surface area contributed by atoms with Crippen molar-refractivity contribution in [3.63, 3.8) is 0 Å². The zero-order valence-corrected chi connectivity index (χ0v) is 16.0. The molecule has 1 aliphatic heterocycles. The molecule has 14 nitrogen and oxygen atoms in total. The largest absolute Gasteiger partial charge is 0.447 e. The number of H-pyrrole nitrogens is 1. The average Bonchev–Trinajstić information content (AvgIpc) is 3.04. The summed E-state index contributed by atoms with van der Waals surface area (Å²) in [7, 11) is -4.97. The predicted octanol–water partition coefficient (Wildman–Crippen LogP) is -2.91. The third-order valence-corrected chi connectivity index (χ3v) is 5.09. The second-order valence-electron chi connectivity index (χ2n) is 5.32. The van der Waals surface area contributed by atoms with E-state index in [4.69, 9.17) is 27.3 Å². The van der Waals surface area contributed by atoms with Crippen LogP contribution in [0.2, 0.25) is 0 Å². The number of nitrogens with two attached hydrogens (primary N) is 2. The van der Waals surface area contributed by atoms with E-state index in [0.717, 1.165) is 11.3 Å². The number of oxime groups is 1. The van der Waals surface area contributed by atoms with Crippen molar-refractivity contribution in [2.45, 2.75) is 12.1 Å². The molecule has 2 heterocycles. The molecule has 0 spiro atoms. The highest BCUT2D eigenvalue weighted by atomic mass is 32.2. The standard InChI is InChI=1S/C13H14N6O8S2/c1-2-3-27-18-8(6-5-28-12(14)16-6)10(20)17-9-7(4-26-13(15)22)19(11(9)21)29(23,24)25/h1,5,7,9H,3-4H2,(H2,14,16)(H2,15,22)(H,17,20)(H,23,24,25)/p+1/b18-8-. The molecule has 1 aromatic rings. The maximum Gasteiger partial charge on any atom is 0.404 e. The Morgan fingerprint density at radius 1 is 1.52 bits per heavy atom. The maximum absolute atomic E-state index is 12.6. The molecule has 16 heteroatoms. The van der Waals surface area contributed by atoms with Crippen LogP contribution < -0.4 is 21.8 Å². The minimum Gasteiger partial charge on any atom is -0.447 e. The number of anilines is 1. The monoisotopic (exact) mass is 447 g/mol. The number of thiazole rings is 1. The van der Waals surface area contributed by atoms with Gasteiger partial charge in [0, 0.05) is 5.38 Å². The first kappa shape index (κ1) is 21.9. The molecule has 1 aromatic heterocycles. The SMILES string of the molecule is C#CCO/N=C(\C(=O)NC1C(=O)N(S(=O)(=O)O)C1COC(N)=O)c1csc(N)[nH+]1. The summed E-state index contributed by atoms with van der Waals surface area (Å²) < 4.78 is 36.3. The van der Waals surface area contributed by atoms with Gasteiger partial charge in [-0.1, -0.05) is 22.4 Å². The van der Waals surface area contributed by atoms with E-state index in [-0.39, 0.29) is 27.4 Å². The zero-order valence-electron chi connectivity index (χ0n) is 14.4. The van der Waals surface area contributed by atoms with Gasteiger partial charge in [-0.05, 0) is 0 Å². The van der Waals surface area contributed by atoms with Crippen LogP contribution in [0.25, 0.3) is 0 Å². The number of terminal acetylenes is 1. The number of hydrogen-bond acceptors (Lipinski definition) is 10. The second kappa shape index (κ2) is 8.72. The second-order valence-corrected chi connectivity index (χ2v) is 7.52. The summed E-state index contributed by atoms with van der Waals surface area (Å²) >= 11 is 1.05. The van der Waals surface area contributed by atoms with E-state index in [2.05, 4.69) is 26.1 Å². The number of nitrogen functional groups attached to an aromatic ring is 1. The van der Waals surface area contributed by atoms with Crippen molar-refractivity contribution in [1.29, 1.82) is 0 Å². The van der Waals surface area contributed by atoms with Gasteiger partial charge >= 0.3 is 21.5 Å². The third-order valence-electron chi connectivity index (χ3n) is 3.44. The highest BCUT2D eigenvalue weighted by molar-refractivity contribution is 7.84. The molecule has 156 valence electrons. The van der Waals surface area contributed by atoms with Gasteiger partial charge in [0.1, 0.15) is 18.7 Å². The molecule has 1 saturated heterocycles. The Hall–Kier alpha value is -3.42. The molecule has 0 aromatic carbocycles. The number of β-lactam (4-membered cyclic amide) rings is 1. The number of carbonyl (C=O) groups is 3. The van der Waals surface area contributed by atoms with Crippen molar-refractivity contribution in [1.82, 2.24) is 9.62 Å². The molecule has 2 atom stereocenters. The number of nitrogens with one attached hydrogen (secondary N) is 2. The maximum atomic E-state index is 12.6. The number of rotatable bonds is 8. The van der Waals surface area contributed by atoms with Gasteiger partial charge in [-0.2, -0.15) is 8.42 Å².